The number of rotatable bonds is 7. The highest BCUT2D eigenvalue weighted by atomic mass is 35.5. The molecule has 0 saturated heterocycles. The first-order valence-corrected chi connectivity index (χ1v) is 10.5. The van der Waals surface area contributed by atoms with Gasteiger partial charge in [-0.15, -0.1) is 12.4 Å². The molecule has 0 aliphatic rings. The van der Waals surface area contributed by atoms with Crippen molar-refractivity contribution in [3.05, 3.63) is 121 Å². The van der Waals surface area contributed by atoms with E-state index in [0.29, 0.717) is 16.3 Å². The first-order chi connectivity index (χ1) is 15.7. The van der Waals surface area contributed by atoms with E-state index in [2.05, 4.69) is 10.6 Å². The van der Waals surface area contributed by atoms with Gasteiger partial charge in [0.1, 0.15) is 5.69 Å². The molecule has 4 rings (SSSR count). The molecule has 0 bridgehead atoms. The smallest absolute Gasteiger partial charge is 0.271 e. The van der Waals surface area contributed by atoms with Crippen LogP contribution in [0.25, 0.3) is 0 Å². The second kappa shape index (κ2) is 10.3. The lowest BCUT2D eigenvalue weighted by molar-refractivity contribution is 0.466. The SMILES string of the molecule is C[C@@H](NC(c1ccc(Cl)cc1)c1cccc(Nc2c(O)c(=O)c2=O)c1)c1ccc(F)c(F)c1.Cl. The Labute approximate surface area is 205 Å². The lowest BCUT2D eigenvalue weighted by atomic mass is 9.96. The Balaban J connectivity index is 0.00000324. The average molecular weight is 505 g/mol. The molecule has 0 aliphatic carbocycles. The normalized spacial score (nSPS) is 12.7. The van der Waals surface area contributed by atoms with Gasteiger partial charge in [-0.3, -0.25) is 14.9 Å². The topological polar surface area (TPSA) is 78.4 Å². The summed E-state index contributed by atoms with van der Waals surface area (Å²) in [5.41, 5.74) is 0.861. The Morgan fingerprint density at radius 3 is 2.18 bits per heavy atom. The molecule has 0 fully saturated rings. The van der Waals surface area contributed by atoms with Crippen LogP contribution in [0.2, 0.25) is 5.02 Å². The predicted molar refractivity (Wildman–Crippen MR) is 131 cm³/mol. The second-order valence-corrected chi connectivity index (χ2v) is 8.12. The molecule has 1 unspecified atom stereocenters. The highest BCUT2D eigenvalue weighted by Gasteiger charge is 2.22. The number of hydrogen-bond acceptors (Lipinski definition) is 5. The molecule has 9 heteroatoms. The van der Waals surface area contributed by atoms with Gasteiger partial charge in [-0.1, -0.05) is 41.9 Å². The van der Waals surface area contributed by atoms with Crippen molar-refractivity contribution in [2.45, 2.75) is 19.0 Å². The van der Waals surface area contributed by atoms with Crippen LogP contribution in [0, 0.1) is 11.6 Å². The Kier molecular flexibility index (Phi) is 7.71. The zero-order valence-electron chi connectivity index (χ0n) is 17.8. The minimum atomic E-state index is -0.928. The van der Waals surface area contributed by atoms with Gasteiger partial charge >= 0.3 is 0 Å². The Morgan fingerprint density at radius 1 is 0.853 bits per heavy atom. The fraction of sp³-hybridized carbons (Fsp3) is 0.120. The minimum absolute atomic E-state index is 0. The van der Waals surface area contributed by atoms with Gasteiger partial charge in [-0.05, 0) is 60.0 Å². The monoisotopic (exact) mass is 504 g/mol. The van der Waals surface area contributed by atoms with Gasteiger partial charge in [0.15, 0.2) is 17.4 Å². The van der Waals surface area contributed by atoms with Crippen molar-refractivity contribution >= 4 is 35.4 Å². The summed E-state index contributed by atoms with van der Waals surface area (Å²) in [6.07, 6.45) is 0. The van der Waals surface area contributed by atoms with Crippen LogP contribution in [0.15, 0.2) is 76.3 Å². The average Bonchev–Trinajstić information content (AvgIpc) is 2.82. The van der Waals surface area contributed by atoms with Crippen molar-refractivity contribution < 1.29 is 13.9 Å². The number of hydrogen-bond donors (Lipinski definition) is 3. The minimum Gasteiger partial charge on any atom is -0.502 e. The Morgan fingerprint density at radius 2 is 1.53 bits per heavy atom. The number of anilines is 2. The molecular formula is C25H20Cl2F2N2O3. The fourth-order valence-corrected chi connectivity index (χ4v) is 3.73. The van der Waals surface area contributed by atoms with Crippen molar-refractivity contribution in [3.63, 3.8) is 0 Å². The standard InChI is InChI=1S/C25H19ClF2N2O3.ClH/c1-13(15-7-10-19(27)20(28)12-15)29-21(14-5-8-17(26)9-6-14)16-3-2-4-18(11-16)30-22-23(31)25(33)24(22)32;/h2-13,21,29-31H,1H3;1H/t13-,21?;/m1./s1. The lowest BCUT2D eigenvalue weighted by Gasteiger charge is -2.25. The summed E-state index contributed by atoms with van der Waals surface area (Å²) in [5, 5.41) is 16.4. The Bertz CT molecular complexity index is 1390. The number of aromatic hydroxyl groups is 1. The molecule has 34 heavy (non-hydrogen) atoms. The maximum Gasteiger partial charge on any atom is 0.271 e. The van der Waals surface area contributed by atoms with Gasteiger partial charge in [-0.25, -0.2) is 8.78 Å². The van der Waals surface area contributed by atoms with E-state index in [9.17, 15) is 23.5 Å². The van der Waals surface area contributed by atoms with E-state index in [1.54, 1.807) is 30.3 Å². The lowest BCUT2D eigenvalue weighted by Crippen LogP contribution is -2.32. The predicted octanol–water partition coefficient (Wildman–Crippen LogP) is 5.53. The Hall–Kier alpha value is -3.26. The zero-order chi connectivity index (χ0) is 23.7. The van der Waals surface area contributed by atoms with Gasteiger partial charge in [0, 0.05) is 16.8 Å². The van der Waals surface area contributed by atoms with Crippen molar-refractivity contribution in [3.8, 4) is 5.75 Å². The summed E-state index contributed by atoms with van der Waals surface area (Å²) in [5.74, 6) is -2.44. The van der Waals surface area contributed by atoms with Crippen LogP contribution in [-0.2, 0) is 0 Å². The molecule has 0 saturated carbocycles. The maximum absolute atomic E-state index is 13.8. The molecule has 3 N–H and O–H groups in total. The van der Waals surface area contributed by atoms with Crippen LogP contribution in [0.3, 0.4) is 0 Å². The van der Waals surface area contributed by atoms with E-state index in [1.165, 1.54) is 6.07 Å². The van der Waals surface area contributed by atoms with E-state index in [0.717, 1.165) is 23.3 Å². The van der Waals surface area contributed by atoms with Crippen LogP contribution < -0.4 is 21.5 Å². The third-order valence-corrected chi connectivity index (χ3v) is 5.69. The highest BCUT2D eigenvalue weighted by molar-refractivity contribution is 6.30. The number of benzene rings is 3. The van der Waals surface area contributed by atoms with Gasteiger partial charge in [0.25, 0.3) is 10.9 Å². The maximum atomic E-state index is 13.8. The van der Waals surface area contributed by atoms with E-state index >= 15 is 0 Å². The van der Waals surface area contributed by atoms with E-state index < -0.39 is 28.2 Å². The number of halogens is 4. The molecule has 4 aromatic carbocycles. The number of nitrogens with one attached hydrogen (secondary N) is 2. The molecule has 0 heterocycles. The molecule has 0 aromatic heterocycles. The van der Waals surface area contributed by atoms with Crippen molar-refractivity contribution in [1.29, 1.82) is 0 Å². The summed E-state index contributed by atoms with van der Waals surface area (Å²) >= 11 is 6.04. The molecule has 0 radical (unpaired) electrons. The van der Waals surface area contributed by atoms with Crippen LogP contribution in [0.5, 0.6) is 5.75 Å². The second-order valence-electron chi connectivity index (χ2n) is 7.68. The fourth-order valence-electron chi connectivity index (χ4n) is 3.60. The molecule has 5 nitrogen and oxygen atoms in total. The van der Waals surface area contributed by atoms with Crippen LogP contribution >= 0.6 is 24.0 Å². The molecule has 176 valence electrons. The van der Waals surface area contributed by atoms with E-state index in [1.807, 2.05) is 25.1 Å². The van der Waals surface area contributed by atoms with Gasteiger partial charge in [0.05, 0.1) is 6.04 Å². The summed E-state index contributed by atoms with van der Waals surface area (Å²) in [4.78, 5) is 23.0. The summed E-state index contributed by atoms with van der Waals surface area (Å²) < 4.78 is 27.1. The van der Waals surface area contributed by atoms with Crippen molar-refractivity contribution in [2.75, 3.05) is 5.32 Å². The first-order valence-electron chi connectivity index (χ1n) is 10.1. The molecule has 0 aliphatic heterocycles. The first kappa shape index (κ1) is 25.4. The van der Waals surface area contributed by atoms with Gasteiger partial charge in [0.2, 0.25) is 0 Å². The quantitative estimate of drug-likeness (QED) is 0.288. The van der Waals surface area contributed by atoms with E-state index in [-0.39, 0.29) is 30.2 Å². The molecule has 0 spiro atoms. The van der Waals surface area contributed by atoms with Crippen molar-refractivity contribution in [1.82, 2.24) is 5.32 Å². The van der Waals surface area contributed by atoms with Gasteiger partial charge < -0.3 is 10.4 Å². The van der Waals surface area contributed by atoms with E-state index in [4.69, 9.17) is 11.6 Å². The third-order valence-electron chi connectivity index (χ3n) is 5.44. The van der Waals surface area contributed by atoms with Gasteiger partial charge in [-0.2, -0.15) is 0 Å². The molecular weight excluding hydrogens is 485 g/mol. The van der Waals surface area contributed by atoms with Crippen LogP contribution in [-0.4, -0.2) is 5.11 Å². The summed E-state index contributed by atoms with van der Waals surface area (Å²) in [6.45, 7) is 1.83. The molecule has 4 aromatic rings. The molecule has 0 amide bonds. The molecule has 2 atom stereocenters. The van der Waals surface area contributed by atoms with Crippen LogP contribution in [0.4, 0.5) is 20.2 Å². The summed E-state index contributed by atoms with van der Waals surface area (Å²) in [6, 6.07) is 17.3. The third kappa shape index (κ3) is 5.12. The zero-order valence-corrected chi connectivity index (χ0v) is 19.4. The largest absolute Gasteiger partial charge is 0.502 e. The van der Waals surface area contributed by atoms with Crippen molar-refractivity contribution in [2.24, 2.45) is 0 Å². The van der Waals surface area contributed by atoms with Crippen LogP contribution in [0.1, 0.15) is 35.7 Å². The summed E-state index contributed by atoms with van der Waals surface area (Å²) in [7, 11) is 0. The highest BCUT2D eigenvalue weighted by Crippen LogP contribution is 2.30.